The number of furan rings is 1. The van der Waals surface area contributed by atoms with Crippen molar-refractivity contribution in [2.45, 2.75) is 5.92 Å². The molecule has 0 aromatic carbocycles. The average molecular weight is 186 g/mol. The lowest BCUT2D eigenvalue weighted by Crippen LogP contribution is -2.14. The molecule has 0 saturated carbocycles. The van der Waals surface area contributed by atoms with E-state index in [0.29, 0.717) is 11.5 Å². The summed E-state index contributed by atoms with van der Waals surface area (Å²) < 4.78 is 9.64. The molecule has 1 aromatic rings. The number of hydrogen-bond acceptors (Lipinski definition) is 4. The van der Waals surface area contributed by atoms with Gasteiger partial charge in [-0.25, -0.2) is 0 Å². The normalized spacial score (nSPS) is 12.5. The van der Waals surface area contributed by atoms with Crippen LogP contribution in [0.5, 0.6) is 0 Å². The van der Waals surface area contributed by atoms with Gasteiger partial charge in [0.1, 0.15) is 11.7 Å². The van der Waals surface area contributed by atoms with E-state index < -0.39 is 5.92 Å². The fourth-order valence-corrected chi connectivity index (χ4v) is 1.24. The molecule has 0 bridgehead atoms. The smallest absolute Gasteiger partial charge is 0.317 e. The van der Waals surface area contributed by atoms with E-state index in [1.165, 1.54) is 13.4 Å². The standard InChI is InChI=1S/C8H10O3S/c1-10-8(9)6(5-12)7-3-2-4-11-7/h2-4,6,12H,5H2,1H3. The van der Waals surface area contributed by atoms with Gasteiger partial charge in [0.15, 0.2) is 0 Å². The predicted molar refractivity (Wildman–Crippen MR) is 47.3 cm³/mol. The van der Waals surface area contributed by atoms with Gasteiger partial charge in [-0.2, -0.15) is 12.6 Å². The van der Waals surface area contributed by atoms with Crippen molar-refractivity contribution >= 4 is 18.6 Å². The number of hydrogen-bond donors (Lipinski definition) is 1. The van der Waals surface area contributed by atoms with Crippen molar-refractivity contribution in [1.82, 2.24) is 0 Å². The molecule has 1 rings (SSSR count). The summed E-state index contributed by atoms with van der Waals surface area (Å²) in [6, 6.07) is 3.46. The Kier molecular flexibility index (Phi) is 3.22. The monoisotopic (exact) mass is 186 g/mol. The van der Waals surface area contributed by atoms with Gasteiger partial charge in [0.05, 0.1) is 13.4 Å². The fourth-order valence-electron chi connectivity index (χ4n) is 0.912. The van der Waals surface area contributed by atoms with Crippen LogP contribution in [0, 0.1) is 0 Å². The van der Waals surface area contributed by atoms with Crippen molar-refractivity contribution in [2.75, 3.05) is 12.9 Å². The van der Waals surface area contributed by atoms with Crippen molar-refractivity contribution in [2.24, 2.45) is 0 Å². The maximum Gasteiger partial charge on any atom is 0.317 e. The van der Waals surface area contributed by atoms with Gasteiger partial charge in [-0.05, 0) is 12.1 Å². The molecule has 1 aromatic heterocycles. The topological polar surface area (TPSA) is 39.4 Å². The second kappa shape index (κ2) is 4.21. The Bertz CT molecular complexity index is 243. The fraction of sp³-hybridized carbons (Fsp3) is 0.375. The first-order chi connectivity index (χ1) is 5.79. The molecule has 1 atom stereocenters. The highest BCUT2D eigenvalue weighted by atomic mass is 32.1. The molecule has 0 radical (unpaired) electrons. The van der Waals surface area contributed by atoms with Crippen LogP contribution in [0.4, 0.5) is 0 Å². The van der Waals surface area contributed by atoms with Crippen LogP contribution >= 0.6 is 12.6 Å². The summed E-state index contributed by atoms with van der Waals surface area (Å²) in [5.74, 6) is 0.269. The summed E-state index contributed by atoms with van der Waals surface area (Å²) in [5, 5.41) is 0. The molecule has 1 heterocycles. The largest absolute Gasteiger partial charge is 0.468 e. The minimum Gasteiger partial charge on any atom is -0.468 e. The van der Waals surface area contributed by atoms with Gasteiger partial charge in [0, 0.05) is 5.75 Å². The van der Waals surface area contributed by atoms with Crippen molar-refractivity contribution < 1.29 is 13.9 Å². The first kappa shape index (κ1) is 9.19. The highest BCUT2D eigenvalue weighted by Crippen LogP contribution is 2.18. The third-order valence-electron chi connectivity index (χ3n) is 1.55. The van der Waals surface area contributed by atoms with Gasteiger partial charge < -0.3 is 9.15 Å². The summed E-state index contributed by atoms with van der Waals surface area (Å²) in [6.45, 7) is 0. The second-order valence-electron chi connectivity index (χ2n) is 2.27. The molecule has 0 amide bonds. The molecular weight excluding hydrogens is 176 g/mol. The van der Waals surface area contributed by atoms with E-state index in [1.807, 2.05) is 0 Å². The zero-order valence-corrected chi connectivity index (χ0v) is 7.58. The molecule has 66 valence electrons. The Morgan fingerprint density at radius 2 is 2.58 bits per heavy atom. The molecule has 0 saturated heterocycles. The SMILES string of the molecule is COC(=O)C(CS)c1ccco1. The van der Waals surface area contributed by atoms with Crippen LogP contribution in [0.15, 0.2) is 22.8 Å². The van der Waals surface area contributed by atoms with Gasteiger partial charge in [-0.15, -0.1) is 0 Å². The number of methoxy groups -OCH3 is 1. The van der Waals surface area contributed by atoms with Crippen LogP contribution in [-0.4, -0.2) is 18.8 Å². The summed E-state index contributed by atoms with van der Waals surface area (Å²) in [7, 11) is 1.35. The molecular formula is C8H10O3S. The maximum absolute atomic E-state index is 11.1. The molecule has 0 spiro atoms. The average Bonchev–Trinajstić information content (AvgIpc) is 2.58. The summed E-state index contributed by atoms with van der Waals surface area (Å²) in [6.07, 6.45) is 1.52. The first-order valence-electron chi connectivity index (χ1n) is 3.51. The highest BCUT2D eigenvalue weighted by molar-refractivity contribution is 7.80. The highest BCUT2D eigenvalue weighted by Gasteiger charge is 2.21. The van der Waals surface area contributed by atoms with Crippen LogP contribution in [0.2, 0.25) is 0 Å². The van der Waals surface area contributed by atoms with Crippen LogP contribution < -0.4 is 0 Å². The Morgan fingerprint density at radius 3 is 3.00 bits per heavy atom. The van der Waals surface area contributed by atoms with Crippen molar-refractivity contribution in [3.63, 3.8) is 0 Å². The Labute approximate surface area is 76.1 Å². The van der Waals surface area contributed by atoms with Gasteiger partial charge in [-0.1, -0.05) is 0 Å². The van der Waals surface area contributed by atoms with E-state index in [1.54, 1.807) is 12.1 Å². The molecule has 4 heteroatoms. The number of carbonyl (C=O) groups is 1. The molecule has 12 heavy (non-hydrogen) atoms. The van der Waals surface area contributed by atoms with Gasteiger partial charge >= 0.3 is 5.97 Å². The van der Waals surface area contributed by atoms with Gasteiger partial charge in [-0.3, -0.25) is 4.79 Å². The third kappa shape index (κ3) is 1.82. The summed E-state index contributed by atoms with van der Waals surface area (Å²) in [4.78, 5) is 11.1. The van der Waals surface area contributed by atoms with Crippen molar-refractivity contribution in [1.29, 1.82) is 0 Å². The van der Waals surface area contributed by atoms with E-state index in [9.17, 15) is 4.79 Å². The lowest BCUT2D eigenvalue weighted by Gasteiger charge is -2.07. The number of ether oxygens (including phenoxy) is 1. The van der Waals surface area contributed by atoms with Gasteiger partial charge in [0.2, 0.25) is 0 Å². The molecule has 0 N–H and O–H groups in total. The molecule has 0 aliphatic rings. The van der Waals surface area contributed by atoms with E-state index in [0.717, 1.165) is 0 Å². The first-order valence-corrected chi connectivity index (χ1v) is 4.15. The van der Waals surface area contributed by atoms with Crippen LogP contribution in [0.25, 0.3) is 0 Å². The van der Waals surface area contributed by atoms with E-state index in [-0.39, 0.29) is 5.97 Å². The number of carbonyl (C=O) groups excluding carboxylic acids is 1. The van der Waals surface area contributed by atoms with Gasteiger partial charge in [0.25, 0.3) is 0 Å². The number of rotatable bonds is 3. The van der Waals surface area contributed by atoms with E-state index in [2.05, 4.69) is 17.4 Å². The molecule has 0 fully saturated rings. The zero-order chi connectivity index (χ0) is 8.97. The number of thiol groups is 1. The number of esters is 1. The molecule has 3 nitrogen and oxygen atoms in total. The molecule has 0 aliphatic carbocycles. The lowest BCUT2D eigenvalue weighted by molar-refractivity contribution is -0.142. The minimum atomic E-state index is -0.395. The van der Waals surface area contributed by atoms with E-state index in [4.69, 9.17) is 4.42 Å². The maximum atomic E-state index is 11.1. The summed E-state index contributed by atoms with van der Waals surface area (Å²) in [5.41, 5.74) is 0. The van der Waals surface area contributed by atoms with E-state index >= 15 is 0 Å². The van der Waals surface area contributed by atoms with Crippen molar-refractivity contribution in [3.05, 3.63) is 24.2 Å². The van der Waals surface area contributed by atoms with Crippen molar-refractivity contribution in [3.8, 4) is 0 Å². The minimum absolute atomic E-state index is 0.319. The Balaban J connectivity index is 2.76. The van der Waals surface area contributed by atoms with Crippen LogP contribution in [0.1, 0.15) is 11.7 Å². The quantitative estimate of drug-likeness (QED) is 0.574. The third-order valence-corrected chi connectivity index (χ3v) is 1.92. The van der Waals surface area contributed by atoms with Crippen LogP contribution in [-0.2, 0) is 9.53 Å². The second-order valence-corrected chi connectivity index (χ2v) is 2.64. The summed E-state index contributed by atoms with van der Waals surface area (Å²) >= 11 is 4.03. The van der Waals surface area contributed by atoms with Crippen LogP contribution in [0.3, 0.4) is 0 Å². The Hall–Kier alpha value is -0.900. The zero-order valence-electron chi connectivity index (χ0n) is 6.69. The molecule has 1 unspecified atom stereocenters. The Morgan fingerprint density at radius 1 is 1.83 bits per heavy atom. The predicted octanol–water partition coefficient (Wildman–Crippen LogP) is 1.47. The molecule has 0 aliphatic heterocycles. The lowest BCUT2D eigenvalue weighted by atomic mass is 10.1.